The Bertz CT molecular complexity index is 576. The van der Waals surface area contributed by atoms with Gasteiger partial charge in [0.15, 0.2) is 0 Å². The first-order chi connectivity index (χ1) is 9.11. The third-order valence-electron chi connectivity index (χ3n) is 2.71. The third kappa shape index (κ3) is 3.14. The largest absolute Gasteiger partial charge is 0.496 e. The van der Waals surface area contributed by atoms with Crippen LogP contribution in [0.4, 0.5) is 11.8 Å². The van der Waals surface area contributed by atoms with Crippen molar-refractivity contribution >= 4 is 27.7 Å². The van der Waals surface area contributed by atoms with Crippen LogP contribution in [-0.4, -0.2) is 24.1 Å². The Balaban J connectivity index is 2.25. The number of hydrogen-bond acceptors (Lipinski definition) is 5. The highest BCUT2D eigenvalue weighted by Crippen LogP contribution is 2.26. The zero-order chi connectivity index (χ0) is 13.8. The molecule has 0 saturated heterocycles. The minimum atomic E-state index is 0.255. The van der Waals surface area contributed by atoms with Gasteiger partial charge in [0.25, 0.3) is 0 Å². The Morgan fingerprint density at radius 3 is 2.84 bits per heavy atom. The summed E-state index contributed by atoms with van der Waals surface area (Å²) < 4.78 is 6.14. The van der Waals surface area contributed by atoms with Gasteiger partial charge in [0.1, 0.15) is 11.6 Å². The maximum absolute atomic E-state index is 5.62. The van der Waals surface area contributed by atoms with E-state index in [0.29, 0.717) is 6.54 Å². The molecule has 1 aromatic carbocycles. The summed E-state index contributed by atoms with van der Waals surface area (Å²) in [7, 11) is 3.61. The van der Waals surface area contributed by atoms with Gasteiger partial charge < -0.3 is 15.4 Å². The summed E-state index contributed by atoms with van der Waals surface area (Å²) >= 11 is 3.43. The Morgan fingerprint density at radius 2 is 2.11 bits per heavy atom. The number of halogens is 1. The SMILES string of the molecule is COc1ccccc1CN(C)c1nc(N)ncc1Br. The summed E-state index contributed by atoms with van der Waals surface area (Å²) in [5.74, 6) is 1.86. The lowest BCUT2D eigenvalue weighted by molar-refractivity contribution is 0.409. The van der Waals surface area contributed by atoms with Gasteiger partial charge in [0.2, 0.25) is 5.95 Å². The number of rotatable bonds is 4. The molecule has 0 atom stereocenters. The van der Waals surface area contributed by atoms with Gasteiger partial charge in [-0.3, -0.25) is 0 Å². The van der Waals surface area contributed by atoms with Gasteiger partial charge in [0.05, 0.1) is 11.6 Å². The normalized spacial score (nSPS) is 10.3. The molecule has 5 nitrogen and oxygen atoms in total. The van der Waals surface area contributed by atoms with E-state index in [1.165, 1.54) is 0 Å². The minimum absolute atomic E-state index is 0.255. The lowest BCUT2D eigenvalue weighted by Crippen LogP contribution is -2.19. The first kappa shape index (κ1) is 13.6. The fourth-order valence-corrected chi connectivity index (χ4v) is 2.30. The van der Waals surface area contributed by atoms with Gasteiger partial charge in [-0.05, 0) is 22.0 Å². The lowest BCUT2D eigenvalue weighted by atomic mass is 10.2. The number of aromatic nitrogens is 2. The van der Waals surface area contributed by atoms with Crippen LogP contribution >= 0.6 is 15.9 Å². The zero-order valence-electron chi connectivity index (χ0n) is 10.8. The van der Waals surface area contributed by atoms with E-state index >= 15 is 0 Å². The number of nitrogen functional groups attached to an aromatic ring is 1. The second-order valence-electron chi connectivity index (χ2n) is 4.07. The molecule has 100 valence electrons. The predicted molar refractivity (Wildman–Crippen MR) is 79.2 cm³/mol. The Labute approximate surface area is 120 Å². The maximum atomic E-state index is 5.62. The average molecular weight is 323 g/mol. The van der Waals surface area contributed by atoms with Crippen molar-refractivity contribution in [1.29, 1.82) is 0 Å². The number of hydrogen-bond donors (Lipinski definition) is 1. The number of para-hydroxylation sites is 1. The van der Waals surface area contributed by atoms with Gasteiger partial charge in [0, 0.05) is 25.4 Å². The van der Waals surface area contributed by atoms with E-state index in [9.17, 15) is 0 Å². The van der Waals surface area contributed by atoms with E-state index in [0.717, 1.165) is 21.6 Å². The molecule has 1 aromatic heterocycles. The molecule has 2 N–H and O–H groups in total. The molecule has 19 heavy (non-hydrogen) atoms. The summed E-state index contributed by atoms with van der Waals surface area (Å²) in [6.45, 7) is 0.666. The Kier molecular flexibility index (Phi) is 4.21. The fourth-order valence-electron chi connectivity index (χ4n) is 1.80. The van der Waals surface area contributed by atoms with Gasteiger partial charge >= 0.3 is 0 Å². The van der Waals surface area contributed by atoms with E-state index in [1.54, 1.807) is 13.3 Å². The molecule has 6 heteroatoms. The molecule has 0 amide bonds. The second-order valence-corrected chi connectivity index (χ2v) is 4.92. The fraction of sp³-hybridized carbons (Fsp3) is 0.231. The number of nitrogens with two attached hydrogens (primary N) is 1. The molecule has 2 rings (SSSR count). The summed E-state index contributed by atoms with van der Waals surface area (Å²) in [6.07, 6.45) is 1.65. The standard InChI is InChI=1S/C13H15BrN4O/c1-18(12-10(14)7-16-13(15)17-12)8-9-5-3-4-6-11(9)19-2/h3-7H,8H2,1-2H3,(H2,15,16,17). The Hall–Kier alpha value is -1.82. The topological polar surface area (TPSA) is 64.3 Å². The van der Waals surface area contributed by atoms with Crippen molar-refractivity contribution in [3.8, 4) is 5.75 Å². The maximum Gasteiger partial charge on any atom is 0.222 e. The second kappa shape index (κ2) is 5.88. The number of ether oxygens (including phenoxy) is 1. The highest BCUT2D eigenvalue weighted by Gasteiger charge is 2.11. The summed E-state index contributed by atoms with van der Waals surface area (Å²) in [5, 5.41) is 0. The first-order valence-corrected chi connectivity index (χ1v) is 6.52. The highest BCUT2D eigenvalue weighted by atomic mass is 79.9. The van der Waals surface area contributed by atoms with Crippen LogP contribution in [0.15, 0.2) is 34.9 Å². The van der Waals surface area contributed by atoms with Gasteiger partial charge in [-0.15, -0.1) is 0 Å². The molecular weight excluding hydrogens is 308 g/mol. The van der Waals surface area contributed by atoms with Crippen LogP contribution in [0.3, 0.4) is 0 Å². The molecule has 0 bridgehead atoms. The third-order valence-corrected chi connectivity index (χ3v) is 3.27. The molecular formula is C13H15BrN4O. The van der Waals surface area contributed by atoms with Gasteiger partial charge in [-0.1, -0.05) is 18.2 Å². The van der Waals surface area contributed by atoms with Crippen molar-refractivity contribution in [3.63, 3.8) is 0 Å². The molecule has 0 spiro atoms. The van der Waals surface area contributed by atoms with E-state index in [-0.39, 0.29) is 5.95 Å². The van der Waals surface area contributed by atoms with Crippen molar-refractivity contribution in [1.82, 2.24) is 9.97 Å². The van der Waals surface area contributed by atoms with Crippen LogP contribution in [0.25, 0.3) is 0 Å². The Morgan fingerprint density at radius 1 is 1.37 bits per heavy atom. The molecule has 1 heterocycles. The molecule has 0 aliphatic rings. The first-order valence-electron chi connectivity index (χ1n) is 5.73. The van der Waals surface area contributed by atoms with E-state index in [1.807, 2.05) is 36.2 Å². The van der Waals surface area contributed by atoms with E-state index in [2.05, 4.69) is 25.9 Å². The predicted octanol–water partition coefficient (Wildman–Crippen LogP) is 2.47. The van der Waals surface area contributed by atoms with E-state index < -0.39 is 0 Å². The van der Waals surface area contributed by atoms with Crippen molar-refractivity contribution in [2.75, 3.05) is 24.8 Å². The van der Waals surface area contributed by atoms with Crippen LogP contribution in [0.1, 0.15) is 5.56 Å². The zero-order valence-corrected chi connectivity index (χ0v) is 12.4. The number of methoxy groups -OCH3 is 1. The number of anilines is 2. The van der Waals surface area contributed by atoms with Crippen molar-refractivity contribution < 1.29 is 4.74 Å². The van der Waals surface area contributed by atoms with Crippen LogP contribution < -0.4 is 15.4 Å². The average Bonchev–Trinajstić information content (AvgIpc) is 2.42. The molecule has 2 aromatic rings. The molecule has 0 unspecified atom stereocenters. The summed E-state index contributed by atoms with van der Waals surface area (Å²) in [5.41, 5.74) is 6.70. The summed E-state index contributed by atoms with van der Waals surface area (Å²) in [4.78, 5) is 10.1. The van der Waals surface area contributed by atoms with Crippen LogP contribution in [0.2, 0.25) is 0 Å². The minimum Gasteiger partial charge on any atom is -0.496 e. The molecule has 0 saturated carbocycles. The molecule has 0 aliphatic carbocycles. The summed E-state index contributed by atoms with van der Waals surface area (Å²) in [6, 6.07) is 7.89. The quantitative estimate of drug-likeness (QED) is 0.936. The van der Waals surface area contributed by atoms with Crippen LogP contribution in [-0.2, 0) is 6.54 Å². The molecule has 0 fully saturated rings. The highest BCUT2D eigenvalue weighted by molar-refractivity contribution is 9.10. The van der Waals surface area contributed by atoms with E-state index in [4.69, 9.17) is 10.5 Å². The van der Waals surface area contributed by atoms with Crippen LogP contribution in [0.5, 0.6) is 5.75 Å². The van der Waals surface area contributed by atoms with Gasteiger partial charge in [-0.25, -0.2) is 4.98 Å². The van der Waals surface area contributed by atoms with Crippen LogP contribution in [0, 0.1) is 0 Å². The monoisotopic (exact) mass is 322 g/mol. The lowest BCUT2D eigenvalue weighted by Gasteiger charge is -2.20. The van der Waals surface area contributed by atoms with Crippen molar-refractivity contribution in [3.05, 3.63) is 40.5 Å². The molecule has 0 aliphatic heterocycles. The number of benzene rings is 1. The number of nitrogens with zero attached hydrogens (tertiary/aromatic N) is 3. The molecule has 0 radical (unpaired) electrons. The van der Waals surface area contributed by atoms with Crippen molar-refractivity contribution in [2.24, 2.45) is 0 Å². The smallest absolute Gasteiger partial charge is 0.222 e. The van der Waals surface area contributed by atoms with Crippen molar-refractivity contribution in [2.45, 2.75) is 6.54 Å². The van der Waals surface area contributed by atoms with Gasteiger partial charge in [-0.2, -0.15) is 4.98 Å².